The first kappa shape index (κ1) is 14.4. The van der Waals surface area contributed by atoms with Gasteiger partial charge in [-0.1, -0.05) is 34.8 Å². The first-order valence-electron chi connectivity index (χ1n) is 5.15. The Hall–Kier alpha value is -0.0400. The van der Waals surface area contributed by atoms with Crippen molar-refractivity contribution < 1.29 is 13.5 Å². The van der Waals surface area contributed by atoms with Gasteiger partial charge in [0, 0.05) is 18.1 Å². The van der Waals surface area contributed by atoms with E-state index in [0.717, 1.165) is 0 Å². The zero-order valence-corrected chi connectivity index (χ0v) is 12.2. The van der Waals surface area contributed by atoms with Crippen molar-refractivity contribution in [3.05, 3.63) is 27.2 Å². The minimum Gasteiger partial charge on any atom is -0.392 e. The molecule has 0 saturated carbocycles. The van der Waals surface area contributed by atoms with Crippen molar-refractivity contribution in [1.82, 2.24) is 4.31 Å². The Balaban J connectivity index is 2.48. The Morgan fingerprint density at radius 3 is 2.22 bits per heavy atom. The number of nitrogens with zero attached hydrogens (tertiary/aromatic N) is 1. The molecule has 1 saturated heterocycles. The lowest BCUT2D eigenvalue weighted by Gasteiger charge is -2.17. The van der Waals surface area contributed by atoms with Crippen LogP contribution in [-0.4, -0.2) is 37.0 Å². The molecule has 0 aromatic heterocycles. The summed E-state index contributed by atoms with van der Waals surface area (Å²) in [7, 11) is -3.80. The molecule has 1 aromatic carbocycles. The molecule has 0 unspecified atom stereocenters. The van der Waals surface area contributed by atoms with Gasteiger partial charge in [0.25, 0.3) is 0 Å². The third kappa shape index (κ3) is 2.61. The number of benzene rings is 1. The summed E-state index contributed by atoms with van der Waals surface area (Å²) >= 11 is 17.5. The van der Waals surface area contributed by atoms with Crippen LogP contribution in [0.3, 0.4) is 0 Å². The second-order valence-corrected chi connectivity index (χ2v) is 7.13. The molecule has 1 aliphatic heterocycles. The zero-order chi connectivity index (χ0) is 13.5. The Morgan fingerprint density at radius 1 is 1.22 bits per heavy atom. The molecule has 1 aliphatic rings. The molecule has 1 fully saturated rings. The maximum atomic E-state index is 12.3. The lowest BCUT2D eigenvalue weighted by Crippen LogP contribution is -2.30. The molecule has 0 radical (unpaired) electrons. The van der Waals surface area contributed by atoms with Crippen LogP contribution < -0.4 is 0 Å². The number of sulfonamides is 1. The maximum absolute atomic E-state index is 12.3. The smallest absolute Gasteiger partial charge is 0.246 e. The molecule has 0 spiro atoms. The monoisotopic (exact) mass is 329 g/mol. The predicted octanol–water partition coefficient (Wildman–Crippen LogP) is 2.40. The van der Waals surface area contributed by atoms with Gasteiger partial charge < -0.3 is 5.11 Å². The number of aliphatic hydroxyl groups excluding tert-OH is 1. The van der Waals surface area contributed by atoms with Gasteiger partial charge in [-0.15, -0.1) is 0 Å². The molecule has 0 bridgehead atoms. The third-order valence-corrected chi connectivity index (χ3v) is 5.69. The van der Waals surface area contributed by atoms with Crippen LogP contribution in [0.2, 0.25) is 15.1 Å². The molecule has 100 valence electrons. The zero-order valence-electron chi connectivity index (χ0n) is 9.11. The molecular formula is C10H10Cl3NO3S. The van der Waals surface area contributed by atoms with Crippen LogP contribution >= 0.6 is 34.8 Å². The van der Waals surface area contributed by atoms with Crippen molar-refractivity contribution in [3.63, 3.8) is 0 Å². The average molecular weight is 331 g/mol. The van der Waals surface area contributed by atoms with E-state index in [-0.39, 0.29) is 33.1 Å². The van der Waals surface area contributed by atoms with Crippen LogP contribution in [0.15, 0.2) is 17.0 Å². The average Bonchev–Trinajstić information content (AvgIpc) is 2.63. The van der Waals surface area contributed by atoms with Crippen LogP contribution in [0, 0.1) is 0 Å². The van der Waals surface area contributed by atoms with Gasteiger partial charge in [0.1, 0.15) is 4.90 Å². The minimum atomic E-state index is -3.80. The van der Waals surface area contributed by atoms with Crippen LogP contribution in [-0.2, 0) is 10.0 Å². The van der Waals surface area contributed by atoms with Gasteiger partial charge in [-0.2, -0.15) is 4.31 Å². The van der Waals surface area contributed by atoms with E-state index in [1.165, 1.54) is 16.4 Å². The lowest BCUT2D eigenvalue weighted by molar-refractivity contribution is 0.189. The van der Waals surface area contributed by atoms with E-state index in [2.05, 4.69) is 0 Å². The summed E-state index contributed by atoms with van der Waals surface area (Å²) in [6.45, 7) is 0.302. The molecule has 1 N–H and O–H groups in total. The highest BCUT2D eigenvalue weighted by atomic mass is 35.5. The van der Waals surface area contributed by atoms with Crippen molar-refractivity contribution in [2.45, 2.75) is 17.4 Å². The highest BCUT2D eigenvalue weighted by Crippen LogP contribution is 2.35. The Labute approximate surface area is 120 Å². The number of rotatable bonds is 2. The van der Waals surface area contributed by atoms with E-state index >= 15 is 0 Å². The summed E-state index contributed by atoms with van der Waals surface area (Å²) < 4.78 is 25.8. The second kappa shape index (κ2) is 5.15. The topological polar surface area (TPSA) is 57.6 Å². The fourth-order valence-electron chi connectivity index (χ4n) is 1.83. The fourth-order valence-corrected chi connectivity index (χ4v) is 4.82. The summed E-state index contributed by atoms with van der Waals surface area (Å²) in [5.41, 5.74) is 0. The fraction of sp³-hybridized carbons (Fsp3) is 0.400. The van der Waals surface area contributed by atoms with E-state index in [4.69, 9.17) is 34.8 Å². The summed E-state index contributed by atoms with van der Waals surface area (Å²) in [4.78, 5) is -0.163. The van der Waals surface area contributed by atoms with Crippen LogP contribution in [0.4, 0.5) is 0 Å². The Bertz CT molecular complexity index is 553. The van der Waals surface area contributed by atoms with Gasteiger partial charge in [-0.3, -0.25) is 0 Å². The Kier molecular flexibility index (Phi) is 4.11. The minimum absolute atomic E-state index is 0.0195. The first-order chi connectivity index (χ1) is 8.32. The van der Waals surface area contributed by atoms with Crippen molar-refractivity contribution in [3.8, 4) is 0 Å². The summed E-state index contributed by atoms with van der Waals surface area (Å²) in [6, 6.07) is 2.66. The standard InChI is InChI=1S/C10H10Cl3NO3S/c11-6-3-8(12)10(9(13)4-6)18(16,17)14-2-1-7(15)5-14/h3-4,7,15H,1-2,5H2/t7-/m1/s1. The van der Waals surface area contributed by atoms with Gasteiger partial charge in [0.2, 0.25) is 10.0 Å². The van der Waals surface area contributed by atoms with Gasteiger partial charge >= 0.3 is 0 Å². The van der Waals surface area contributed by atoms with E-state index in [0.29, 0.717) is 6.42 Å². The lowest BCUT2D eigenvalue weighted by atomic mass is 10.3. The quantitative estimate of drug-likeness (QED) is 0.906. The van der Waals surface area contributed by atoms with Gasteiger partial charge in [0.15, 0.2) is 0 Å². The summed E-state index contributed by atoms with van der Waals surface area (Å²) in [6.07, 6.45) is -0.244. The molecular weight excluding hydrogens is 321 g/mol. The number of β-amino-alcohol motifs (C(OH)–C–C–N with tert-alkyl or cyclic N) is 1. The van der Waals surface area contributed by atoms with Gasteiger partial charge in [0.05, 0.1) is 16.1 Å². The largest absolute Gasteiger partial charge is 0.392 e. The molecule has 0 amide bonds. The Morgan fingerprint density at radius 2 is 1.78 bits per heavy atom. The second-order valence-electron chi connectivity index (χ2n) is 4.00. The van der Waals surface area contributed by atoms with E-state index in [1.54, 1.807) is 0 Å². The summed E-state index contributed by atoms with van der Waals surface area (Å²) in [5, 5.41) is 9.63. The molecule has 8 heteroatoms. The number of hydrogen-bond acceptors (Lipinski definition) is 3. The van der Waals surface area contributed by atoms with Crippen molar-refractivity contribution in [2.75, 3.05) is 13.1 Å². The molecule has 4 nitrogen and oxygen atoms in total. The number of hydrogen-bond donors (Lipinski definition) is 1. The highest BCUT2D eigenvalue weighted by Gasteiger charge is 2.34. The molecule has 18 heavy (non-hydrogen) atoms. The molecule has 1 aromatic rings. The van der Waals surface area contributed by atoms with E-state index < -0.39 is 16.1 Å². The molecule has 2 rings (SSSR count). The molecule has 1 heterocycles. The SMILES string of the molecule is O=S(=O)(c1c(Cl)cc(Cl)cc1Cl)N1CC[C@@H](O)C1. The van der Waals surface area contributed by atoms with E-state index in [9.17, 15) is 13.5 Å². The van der Waals surface area contributed by atoms with Crippen LogP contribution in [0.1, 0.15) is 6.42 Å². The third-order valence-electron chi connectivity index (χ3n) is 2.69. The first-order valence-corrected chi connectivity index (χ1v) is 7.72. The highest BCUT2D eigenvalue weighted by molar-refractivity contribution is 7.89. The van der Waals surface area contributed by atoms with Crippen LogP contribution in [0.25, 0.3) is 0 Å². The van der Waals surface area contributed by atoms with Crippen molar-refractivity contribution >= 4 is 44.8 Å². The molecule has 0 aliphatic carbocycles. The van der Waals surface area contributed by atoms with Gasteiger partial charge in [-0.25, -0.2) is 8.42 Å². The van der Waals surface area contributed by atoms with Crippen molar-refractivity contribution in [1.29, 1.82) is 0 Å². The predicted molar refractivity (Wildman–Crippen MR) is 70.9 cm³/mol. The maximum Gasteiger partial charge on any atom is 0.246 e. The normalized spacial score (nSPS) is 21.4. The molecule has 1 atom stereocenters. The number of aliphatic hydroxyl groups is 1. The number of halogens is 3. The van der Waals surface area contributed by atoms with Crippen LogP contribution in [0.5, 0.6) is 0 Å². The van der Waals surface area contributed by atoms with Gasteiger partial charge in [-0.05, 0) is 18.6 Å². The van der Waals surface area contributed by atoms with Crippen molar-refractivity contribution in [2.24, 2.45) is 0 Å². The van der Waals surface area contributed by atoms with E-state index in [1.807, 2.05) is 0 Å². The summed E-state index contributed by atoms with van der Waals surface area (Å²) in [5.74, 6) is 0.